The number of ether oxygens (including phenoxy) is 6. The van der Waals surface area contributed by atoms with Gasteiger partial charge in [0.15, 0.2) is 0 Å². The molecule has 0 aliphatic rings. The number of carbonyl (C=O) groups is 4. The summed E-state index contributed by atoms with van der Waals surface area (Å²) in [6.45, 7) is 12.0. The minimum atomic E-state index is -0.620. The molecule has 12 heteroatoms. The second-order valence-corrected chi connectivity index (χ2v) is 6.89. The SMILES string of the molecule is C=C(C)C(=O)OCCNC(=O)OCCOCCCCOCCOC(=O)NCCOC(=O)C(=C)C. The molecule has 34 heavy (non-hydrogen) atoms. The van der Waals surface area contributed by atoms with Crippen molar-refractivity contribution in [1.82, 2.24) is 10.6 Å². The van der Waals surface area contributed by atoms with Crippen molar-refractivity contribution in [3.05, 3.63) is 24.3 Å². The number of nitrogens with one attached hydrogen (secondary N) is 2. The zero-order chi connectivity index (χ0) is 25.6. The molecule has 0 unspecified atom stereocenters. The van der Waals surface area contributed by atoms with Crippen molar-refractivity contribution in [3.8, 4) is 0 Å². The predicted octanol–water partition coefficient (Wildman–Crippen LogP) is 1.49. The second-order valence-electron chi connectivity index (χ2n) is 6.89. The van der Waals surface area contributed by atoms with E-state index in [9.17, 15) is 19.2 Å². The van der Waals surface area contributed by atoms with E-state index < -0.39 is 24.1 Å². The molecule has 0 aromatic heterocycles. The van der Waals surface area contributed by atoms with Crippen LogP contribution in [0.25, 0.3) is 0 Å². The van der Waals surface area contributed by atoms with Gasteiger partial charge in [0.2, 0.25) is 0 Å². The standard InChI is InChI=1S/C22H36N2O10/c1-17(2)19(25)31-11-7-23-21(27)33-15-13-29-9-5-6-10-30-14-16-34-22(28)24-8-12-32-20(26)18(3)4/h1,3,5-16H2,2,4H3,(H,23,27)(H,24,28). The fourth-order valence-electron chi connectivity index (χ4n) is 1.94. The van der Waals surface area contributed by atoms with Gasteiger partial charge in [0.1, 0.15) is 26.4 Å². The van der Waals surface area contributed by atoms with Gasteiger partial charge >= 0.3 is 24.1 Å². The highest BCUT2D eigenvalue weighted by Crippen LogP contribution is 1.94. The Morgan fingerprint density at radius 2 is 0.941 bits per heavy atom. The third-order valence-corrected chi connectivity index (χ3v) is 3.66. The molecule has 0 saturated carbocycles. The van der Waals surface area contributed by atoms with E-state index in [2.05, 4.69) is 23.8 Å². The van der Waals surface area contributed by atoms with Crippen LogP contribution in [0.3, 0.4) is 0 Å². The minimum absolute atomic E-state index is 0.0352. The highest BCUT2D eigenvalue weighted by molar-refractivity contribution is 5.87. The molecule has 0 aromatic carbocycles. The average molecular weight is 489 g/mol. The zero-order valence-corrected chi connectivity index (χ0v) is 20.0. The van der Waals surface area contributed by atoms with Crippen molar-refractivity contribution in [3.63, 3.8) is 0 Å². The van der Waals surface area contributed by atoms with E-state index >= 15 is 0 Å². The molecular formula is C22H36N2O10. The third-order valence-electron chi connectivity index (χ3n) is 3.66. The third kappa shape index (κ3) is 19.6. The Labute approximate surface area is 199 Å². The molecule has 0 saturated heterocycles. The number of rotatable bonds is 19. The summed E-state index contributed by atoms with van der Waals surface area (Å²) in [5.41, 5.74) is 0.580. The Morgan fingerprint density at radius 1 is 0.559 bits per heavy atom. The molecule has 194 valence electrons. The van der Waals surface area contributed by atoms with Gasteiger partial charge < -0.3 is 39.1 Å². The number of carbonyl (C=O) groups excluding carboxylic acids is 4. The van der Waals surface area contributed by atoms with Crippen molar-refractivity contribution in [2.75, 3.05) is 65.9 Å². The maximum atomic E-state index is 11.4. The monoisotopic (exact) mass is 488 g/mol. The van der Waals surface area contributed by atoms with Crippen LogP contribution in [-0.2, 0) is 38.0 Å². The first-order valence-corrected chi connectivity index (χ1v) is 10.9. The van der Waals surface area contributed by atoms with Crippen LogP contribution in [0.4, 0.5) is 9.59 Å². The molecule has 0 radical (unpaired) electrons. The van der Waals surface area contributed by atoms with Crippen molar-refractivity contribution in [2.24, 2.45) is 0 Å². The van der Waals surface area contributed by atoms with Crippen LogP contribution in [0.5, 0.6) is 0 Å². The lowest BCUT2D eigenvalue weighted by Gasteiger charge is -2.09. The molecule has 2 N–H and O–H groups in total. The largest absolute Gasteiger partial charge is 0.460 e. The molecule has 0 rings (SSSR count). The smallest absolute Gasteiger partial charge is 0.407 e. The Hall–Kier alpha value is -3.12. The van der Waals surface area contributed by atoms with Crippen molar-refractivity contribution in [2.45, 2.75) is 26.7 Å². The van der Waals surface area contributed by atoms with Gasteiger partial charge in [0.05, 0.1) is 26.3 Å². The molecule has 0 aliphatic carbocycles. The Morgan fingerprint density at radius 3 is 1.29 bits per heavy atom. The van der Waals surface area contributed by atoms with Crippen molar-refractivity contribution >= 4 is 24.1 Å². The second kappa shape index (κ2) is 20.5. The maximum Gasteiger partial charge on any atom is 0.407 e. The number of amides is 2. The highest BCUT2D eigenvalue weighted by Gasteiger charge is 2.06. The summed E-state index contributed by atoms with van der Waals surface area (Å²) in [6, 6.07) is 0. The summed E-state index contributed by atoms with van der Waals surface area (Å²) >= 11 is 0. The Balaban J connectivity index is 3.36. The van der Waals surface area contributed by atoms with E-state index in [1.54, 1.807) is 0 Å². The molecule has 0 atom stereocenters. The minimum Gasteiger partial charge on any atom is -0.460 e. The van der Waals surface area contributed by atoms with Gasteiger partial charge in [-0.1, -0.05) is 13.2 Å². The molecule has 0 fully saturated rings. The van der Waals surface area contributed by atoms with Crippen LogP contribution in [-0.4, -0.2) is 90.1 Å². The number of hydrogen-bond acceptors (Lipinski definition) is 10. The summed E-state index contributed by atoms with van der Waals surface area (Å²) in [7, 11) is 0. The van der Waals surface area contributed by atoms with Crippen LogP contribution in [0, 0.1) is 0 Å². The highest BCUT2D eigenvalue weighted by atomic mass is 16.6. The van der Waals surface area contributed by atoms with Crippen LogP contribution in [0.2, 0.25) is 0 Å². The Bertz CT molecular complexity index is 610. The van der Waals surface area contributed by atoms with E-state index in [0.717, 1.165) is 12.8 Å². The van der Waals surface area contributed by atoms with Gasteiger partial charge in [-0.3, -0.25) is 0 Å². The number of esters is 2. The van der Waals surface area contributed by atoms with Crippen LogP contribution in [0.15, 0.2) is 24.3 Å². The zero-order valence-electron chi connectivity index (χ0n) is 20.0. The quantitative estimate of drug-likeness (QED) is 0.119. The first kappa shape index (κ1) is 30.9. The topological polar surface area (TPSA) is 148 Å². The molecule has 0 aromatic rings. The average Bonchev–Trinajstić information content (AvgIpc) is 2.79. The first-order valence-electron chi connectivity index (χ1n) is 10.9. The van der Waals surface area contributed by atoms with Crippen molar-refractivity contribution < 1.29 is 47.6 Å². The molecule has 0 aliphatic heterocycles. The lowest BCUT2D eigenvalue weighted by atomic mass is 10.3. The Kier molecular flexibility index (Phi) is 18.6. The normalized spacial score (nSPS) is 10.1. The van der Waals surface area contributed by atoms with Gasteiger partial charge in [-0.15, -0.1) is 0 Å². The lowest BCUT2D eigenvalue weighted by molar-refractivity contribution is -0.139. The molecule has 0 heterocycles. The first-order chi connectivity index (χ1) is 16.2. The summed E-state index contributed by atoms with van der Waals surface area (Å²) in [6.07, 6.45) is 0.269. The number of alkyl carbamates (subject to hydrolysis) is 2. The summed E-state index contributed by atoms with van der Waals surface area (Å²) < 4.78 is 30.2. The molecule has 0 spiro atoms. The van der Waals surface area contributed by atoms with E-state index in [4.69, 9.17) is 28.4 Å². The van der Waals surface area contributed by atoms with Gasteiger partial charge in [0, 0.05) is 24.4 Å². The molecule has 12 nitrogen and oxygen atoms in total. The van der Waals surface area contributed by atoms with Crippen LogP contribution >= 0.6 is 0 Å². The van der Waals surface area contributed by atoms with Gasteiger partial charge in [-0.25, -0.2) is 19.2 Å². The number of hydrogen-bond donors (Lipinski definition) is 2. The van der Waals surface area contributed by atoms with Crippen LogP contribution in [0.1, 0.15) is 26.7 Å². The molecule has 0 bridgehead atoms. The molecular weight excluding hydrogens is 452 g/mol. The maximum absolute atomic E-state index is 11.4. The fourth-order valence-corrected chi connectivity index (χ4v) is 1.94. The lowest BCUT2D eigenvalue weighted by Crippen LogP contribution is -2.29. The van der Waals surface area contributed by atoms with E-state index in [0.29, 0.717) is 24.4 Å². The van der Waals surface area contributed by atoms with E-state index in [1.165, 1.54) is 13.8 Å². The van der Waals surface area contributed by atoms with Gasteiger partial charge in [0.25, 0.3) is 0 Å². The van der Waals surface area contributed by atoms with Gasteiger partial charge in [-0.2, -0.15) is 0 Å². The molecule has 2 amide bonds. The van der Waals surface area contributed by atoms with Gasteiger partial charge in [-0.05, 0) is 26.7 Å². The van der Waals surface area contributed by atoms with E-state index in [1.807, 2.05) is 0 Å². The summed E-state index contributed by atoms with van der Waals surface area (Å²) in [5, 5.41) is 4.89. The fraction of sp³-hybridized carbons (Fsp3) is 0.636. The van der Waals surface area contributed by atoms with Crippen LogP contribution < -0.4 is 10.6 Å². The van der Waals surface area contributed by atoms with E-state index in [-0.39, 0.29) is 52.7 Å². The predicted molar refractivity (Wildman–Crippen MR) is 121 cm³/mol. The summed E-state index contributed by atoms with van der Waals surface area (Å²) in [4.78, 5) is 45.1. The number of unbranched alkanes of at least 4 members (excludes halogenated alkanes) is 1. The van der Waals surface area contributed by atoms with Crippen molar-refractivity contribution in [1.29, 1.82) is 0 Å². The summed E-state index contributed by atoms with van der Waals surface area (Å²) in [5.74, 6) is -1.02.